The van der Waals surface area contributed by atoms with Crippen LogP contribution in [0, 0.1) is 23.1 Å². The zero-order chi connectivity index (χ0) is 31.1. The van der Waals surface area contributed by atoms with Gasteiger partial charge in [0.2, 0.25) is 5.91 Å². The van der Waals surface area contributed by atoms with Gasteiger partial charge in [0, 0.05) is 49.9 Å². The molecule has 0 aromatic heterocycles. The quantitative estimate of drug-likeness (QED) is 0.330. The molecule has 2 heterocycles. The van der Waals surface area contributed by atoms with E-state index in [0.717, 1.165) is 55.6 Å². The Kier molecular flexibility index (Phi) is 10.9. The molecule has 3 aromatic rings. The second-order valence-corrected chi connectivity index (χ2v) is 12.1. The van der Waals surface area contributed by atoms with Crippen LogP contribution in [0.1, 0.15) is 36.5 Å². The lowest BCUT2D eigenvalue weighted by atomic mass is 9.88. The Labute approximate surface area is 264 Å². The van der Waals surface area contributed by atoms with E-state index < -0.39 is 6.04 Å². The number of halogens is 2. The van der Waals surface area contributed by atoms with Gasteiger partial charge < -0.3 is 20.3 Å². The molecule has 1 amide bonds. The number of ether oxygens (including phenoxy) is 1. The number of likely N-dealkylation sites (tertiary alicyclic amines) is 1. The Morgan fingerprint density at radius 2 is 1.80 bits per heavy atom. The van der Waals surface area contributed by atoms with Crippen LogP contribution in [0.5, 0.6) is 5.75 Å². The molecule has 0 radical (unpaired) electrons. The van der Waals surface area contributed by atoms with Crippen molar-refractivity contribution in [1.29, 1.82) is 5.26 Å². The zero-order valence-electron chi connectivity index (χ0n) is 25.4. The minimum atomic E-state index is -0.508. The molecule has 3 aromatic carbocycles. The number of piperidine rings is 1. The molecular weight excluding hydrogens is 577 g/mol. The van der Waals surface area contributed by atoms with Gasteiger partial charge in [0.25, 0.3) is 0 Å². The number of hydrogen-bond donors (Lipinski definition) is 1. The first kappa shape index (κ1) is 31.9. The summed E-state index contributed by atoms with van der Waals surface area (Å²) in [5, 5.41) is 10.0. The van der Waals surface area contributed by atoms with E-state index in [-0.39, 0.29) is 17.6 Å². The number of carbonyl (C=O) groups is 1. The van der Waals surface area contributed by atoms with E-state index in [9.17, 15) is 14.4 Å². The van der Waals surface area contributed by atoms with Gasteiger partial charge in [-0.05, 0) is 98.3 Å². The molecule has 0 unspecified atom stereocenters. The summed E-state index contributed by atoms with van der Waals surface area (Å²) >= 11 is 6.36. The number of nitriles is 1. The van der Waals surface area contributed by atoms with Crippen LogP contribution in [0.2, 0.25) is 5.02 Å². The van der Waals surface area contributed by atoms with Gasteiger partial charge in [-0.1, -0.05) is 35.9 Å². The van der Waals surface area contributed by atoms with Gasteiger partial charge >= 0.3 is 0 Å². The zero-order valence-corrected chi connectivity index (χ0v) is 26.1. The molecule has 2 N–H and O–H groups in total. The molecule has 9 heteroatoms. The highest BCUT2D eigenvalue weighted by molar-refractivity contribution is 6.30. The maximum absolute atomic E-state index is 14.5. The number of amides is 1. The van der Waals surface area contributed by atoms with Crippen molar-refractivity contribution >= 4 is 17.5 Å². The fraction of sp³-hybridized carbons (Fsp3) is 0.429. The number of benzene rings is 3. The summed E-state index contributed by atoms with van der Waals surface area (Å²) in [4.78, 5) is 19.8. The number of piperazine rings is 1. The van der Waals surface area contributed by atoms with Gasteiger partial charge in [-0.2, -0.15) is 5.26 Å². The molecular formula is C35H41ClFN5O2. The minimum absolute atomic E-state index is 0.0205. The normalized spacial score (nSPS) is 17.3. The highest BCUT2D eigenvalue weighted by Crippen LogP contribution is 2.29. The van der Waals surface area contributed by atoms with Crippen LogP contribution in [0.3, 0.4) is 0 Å². The second-order valence-electron chi connectivity index (χ2n) is 11.7. The smallest absolute Gasteiger partial charge is 0.239 e. The SMILES string of the molecule is CCOc1cccc(F)c1CN1CCN(C(=O)[C@H](N)C2CCN(CCc3cc(Cl)ccc3-c3cccc(C#N)c3)CC2)CC1. The van der Waals surface area contributed by atoms with Crippen molar-refractivity contribution in [2.45, 2.75) is 38.8 Å². The van der Waals surface area contributed by atoms with Gasteiger partial charge in [-0.3, -0.25) is 9.69 Å². The van der Waals surface area contributed by atoms with Crippen molar-refractivity contribution in [3.63, 3.8) is 0 Å². The Balaban J connectivity index is 1.10. The molecule has 44 heavy (non-hydrogen) atoms. The van der Waals surface area contributed by atoms with Gasteiger partial charge in [-0.15, -0.1) is 0 Å². The maximum atomic E-state index is 14.5. The molecule has 2 fully saturated rings. The van der Waals surface area contributed by atoms with Crippen LogP contribution in [0.4, 0.5) is 4.39 Å². The van der Waals surface area contributed by atoms with Crippen LogP contribution in [-0.2, 0) is 17.8 Å². The maximum Gasteiger partial charge on any atom is 0.239 e. The number of nitrogens with two attached hydrogens (primary N) is 1. The lowest BCUT2D eigenvalue weighted by molar-refractivity contribution is -0.136. The van der Waals surface area contributed by atoms with Crippen molar-refractivity contribution in [3.05, 3.63) is 88.2 Å². The van der Waals surface area contributed by atoms with Gasteiger partial charge in [0.1, 0.15) is 11.6 Å². The fourth-order valence-electron chi connectivity index (χ4n) is 6.37. The van der Waals surface area contributed by atoms with E-state index in [1.54, 1.807) is 12.1 Å². The summed E-state index contributed by atoms with van der Waals surface area (Å²) in [6.07, 6.45) is 2.60. The molecule has 2 aliphatic rings. The molecule has 2 aliphatic heterocycles. The molecule has 2 saturated heterocycles. The average Bonchev–Trinajstić information content (AvgIpc) is 3.05. The summed E-state index contributed by atoms with van der Waals surface area (Å²) in [6, 6.07) is 20.3. The Hall–Kier alpha value is -3.48. The van der Waals surface area contributed by atoms with Crippen molar-refractivity contribution < 1.29 is 13.9 Å². The summed E-state index contributed by atoms with van der Waals surface area (Å²) in [6.45, 7) is 8.01. The number of nitrogens with zero attached hydrogens (tertiary/aromatic N) is 4. The van der Waals surface area contributed by atoms with E-state index in [0.29, 0.717) is 61.2 Å². The van der Waals surface area contributed by atoms with Gasteiger partial charge in [0.05, 0.1) is 24.3 Å². The lowest BCUT2D eigenvalue weighted by Crippen LogP contribution is -2.55. The summed E-state index contributed by atoms with van der Waals surface area (Å²) in [7, 11) is 0. The van der Waals surface area contributed by atoms with Crippen LogP contribution in [-0.4, -0.2) is 79.1 Å². The topological polar surface area (TPSA) is 85.8 Å². The molecule has 0 bridgehead atoms. The molecule has 0 saturated carbocycles. The monoisotopic (exact) mass is 617 g/mol. The molecule has 232 valence electrons. The first-order valence-electron chi connectivity index (χ1n) is 15.5. The van der Waals surface area contributed by atoms with E-state index in [1.807, 2.05) is 54.3 Å². The molecule has 0 spiro atoms. The standard InChI is InChI=1S/C35H41ClFN5O2/c1-2-44-33-8-4-7-32(37)31(33)24-41-17-19-42(20-18-41)35(43)34(39)26-11-14-40(15-12-26)16-13-28-22-29(36)9-10-30(28)27-6-3-5-25(21-27)23-38/h3-10,21-22,26,34H,2,11-20,24,39H2,1H3/t34-/m1/s1. The second kappa shape index (κ2) is 15.0. The molecule has 7 nitrogen and oxygen atoms in total. The highest BCUT2D eigenvalue weighted by atomic mass is 35.5. The van der Waals surface area contributed by atoms with Crippen LogP contribution in [0.25, 0.3) is 11.1 Å². The molecule has 5 rings (SSSR count). The van der Waals surface area contributed by atoms with Crippen LogP contribution in [0.15, 0.2) is 60.7 Å². The third-order valence-electron chi connectivity index (χ3n) is 8.93. The average molecular weight is 618 g/mol. The first-order chi connectivity index (χ1) is 21.4. The molecule has 1 atom stereocenters. The predicted octanol–water partition coefficient (Wildman–Crippen LogP) is 5.34. The predicted molar refractivity (Wildman–Crippen MR) is 172 cm³/mol. The van der Waals surface area contributed by atoms with E-state index in [2.05, 4.69) is 15.9 Å². The van der Waals surface area contributed by atoms with E-state index >= 15 is 0 Å². The summed E-state index contributed by atoms with van der Waals surface area (Å²) < 4.78 is 20.2. The fourth-order valence-corrected chi connectivity index (χ4v) is 6.56. The number of carbonyl (C=O) groups excluding carboxylic acids is 1. The largest absolute Gasteiger partial charge is 0.493 e. The van der Waals surface area contributed by atoms with Gasteiger partial charge in [-0.25, -0.2) is 4.39 Å². The lowest BCUT2D eigenvalue weighted by Gasteiger charge is -2.39. The number of hydrogen-bond acceptors (Lipinski definition) is 6. The van der Waals surface area contributed by atoms with Crippen molar-refractivity contribution in [3.8, 4) is 22.9 Å². The van der Waals surface area contributed by atoms with E-state index in [1.165, 1.54) is 6.07 Å². The first-order valence-corrected chi connectivity index (χ1v) is 15.9. The Morgan fingerprint density at radius 3 is 2.52 bits per heavy atom. The molecule has 0 aliphatic carbocycles. The summed E-state index contributed by atoms with van der Waals surface area (Å²) in [5.41, 5.74) is 11.0. The van der Waals surface area contributed by atoms with Crippen molar-refractivity contribution in [2.24, 2.45) is 11.7 Å². The van der Waals surface area contributed by atoms with Gasteiger partial charge in [0.15, 0.2) is 0 Å². The third-order valence-corrected chi connectivity index (χ3v) is 9.17. The summed E-state index contributed by atoms with van der Waals surface area (Å²) in [5.74, 6) is 0.491. The van der Waals surface area contributed by atoms with E-state index in [4.69, 9.17) is 22.1 Å². The van der Waals surface area contributed by atoms with Crippen molar-refractivity contribution in [2.75, 3.05) is 52.4 Å². The Bertz CT molecular complexity index is 1480. The highest BCUT2D eigenvalue weighted by Gasteiger charge is 2.33. The van der Waals surface area contributed by atoms with Crippen LogP contribution >= 0.6 is 11.6 Å². The minimum Gasteiger partial charge on any atom is -0.493 e. The van der Waals surface area contributed by atoms with Crippen LogP contribution < -0.4 is 10.5 Å². The third kappa shape index (κ3) is 7.77. The van der Waals surface area contributed by atoms with Crippen molar-refractivity contribution in [1.82, 2.24) is 14.7 Å². The number of rotatable bonds is 10. The Morgan fingerprint density at radius 1 is 1.05 bits per heavy atom.